The minimum Gasteiger partial charge on any atom is -0.336 e. The second-order valence-corrected chi connectivity index (χ2v) is 7.61. The number of nitrogens with one attached hydrogen (secondary N) is 3. The number of aromatic nitrogens is 7. The van der Waals surface area contributed by atoms with Crippen LogP contribution in [0.2, 0.25) is 0 Å². The zero-order valence-electron chi connectivity index (χ0n) is 16.9. The lowest BCUT2D eigenvalue weighted by atomic mass is 10.2. The largest absolute Gasteiger partial charge is 0.336 e. The summed E-state index contributed by atoms with van der Waals surface area (Å²) in [4.78, 5) is 27.3. The minimum atomic E-state index is -0.312. The van der Waals surface area contributed by atoms with Crippen molar-refractivity contribution in [2.45, 2.75) is 32.9 Å². The van der Waals surface area contributed by atoms with Crippen LogP contribution in [0.5, 0.6) is 0 Å². The highest BCUT2D eigenvalue weighted by molar-refractivity contribution is 6.03. The highest BCUT2D eigenvalue weighted by atomic mass is 16.2. The Morgan fingerprint density at radius 1 is 1.10 bits per heavy atom. The second-order valence-electron chi connectivity index (χ2n) is 7.61. The van der Waals surface area contributed by atoms with E-state index in [1.807, 2.05) is 17.7 Å². The molecule has 0 radical (unpaired) electrons. The molecule has 0 saturated heterocycles. The van der Waals surface area contributed by atoms with Gasteiger partial charge in [-0.2, -0.15) is 25.6 Å². The van der Waals surface area contributed by atoms with Gasteiger partial charge in [-0.15, -0.1) is 0 Å². The Morgan fingerprint density at radius 3 is 2.81 bits per heavy atom. The summed E-state index contributed by atoms with van der Waals surface area (Å²) in [5.74, 6) is -0.304. The first-order chi connectivity index (χ1) is 15.0. The molecule has 3 N–H and O–H groups in total. The monoisotopic (exact) mass is 419 g/mol. The fourth-order valence-electron chi connectivity index (χ4n) is 3.73. The van der Waals surface area contributed by atoms with Crippen molar-refractivity contribution in [2.24, 2.45) is 0 Å². The van der Waals surface area contributed by atoms with Gasteiger partial charge in [-0.3, -0.25) is 19.4 Å². The Hall–Kier alpha value is -4.02. The fourth-order valence-corrected chi connectivity index (χ4v) is 3.73. The van der Waals surface area contributed by atoms with Crippen LogP contribution < -0.4 is 5.32 Å². The number of benzene rings is 1. The Balaban J connectivity index is 1.29. The quantitative estimate of drug-likeness (QED) is 0.457. The first-order valence-corrected chi connectivity index (χ1v) is 10.0. The maximum absolute atomic E-state index is 12.8. The van der Waals surface area contributed by atoms with E-state index in [-0.39, 0.29) is 18.2 Å². The van der Waals surface area contributed by atoms with Crippen molar-refractivity contribution in [3.05, 3.63) is 53.1 Å². The first kappa shape index (κ1) is 19.0. The van der Waals surface area contributed by atoms with Crippen molar-refractivity contribution in [2.75, 3.05) is 11.9 Å². The minimum absolute atomic E-state index is 0.00747. The maximum Gasteiger partial charge on any atom is 0.276 e. The fraction of sp³-hybridized carbons (Fsp3) is 0.300. The molecule has 0 atom stereocenters. The van der Waals surface area contributed by atoms with Crippen molar-refractivity contribution in [1.82, 2.24) is 40.3 Å². The molecule has 1 aromatic carbocycles. The number of H-pyrrole nitrogens is 2. The van der Waals surface area contributed by atoms with Crippen molar-refractivity contribution in [1.29, 1.82) is 0 Å². The molecule has 0 aliphatic carbocycles. The van der Waals surface area contributed by atoms with Crippen LogP contribution in [0.3, 0.4) is 0 Å². The Bertz CT molecular complexity index is 1270. The van der Waals surface area contributed by atoms with Gasteiger partial charge in [0.1, 0.15) is 11.0 Å². The molecule has 31 heavy (non-hydrogen) atoms. The van der Waals surface area contributed by atoms with Crippen molar-refractivity contribution >= 4 is 28.5 Å². The molecule has 0 fully saturated rings. The molecule has 5 rings (SSSR count). The summed E-state index contributed by atoms with van der Waals surface area (Å²) >= 11 is 0. The van der Waals surface area contributed by atoms with Crippen molar-refractivity contribution in [3.8, 4) is 0 Å². The van der Waals surface area contributed by atoms with Crippen LogP contribution in [0.15, 0.2) is 30.3 Å². The topological polar surface area (TPSA) is 137 Å². The van der Waals surface area contributed by atoms with Crippen molar-refractivity contribution in [3.63, 3.8) is 0 Å². The van der Waals surface area contributed by atoms with Gasteiger partial charge in [0.15, 0.2) is 5.69 Å². The molecule has 1 aliphatic heterocycles. The number of carbonyl (C=O) groups is 2. The lowest BCUT2D eigenvalue weighted by molar-refractivity contribution is -0.131. The highest BCUT2D eigenvalue weighted by Crippen LogP contribution is 2.18. The molecular formula is C20H21N9O2. The summed E-state index contributed by atoms with van der Waals surface area (Å²) < 4.78 is 1.81. The van der Waals surface area contributed by atoms with Crippen molar-refractivity contribution < 1.29 is 9.59 Å². The molecule has 1 aliphatic rings. The molecule has 3 aromatic heterocycles. The molecule has 0 unspecified atom stereocenters. The van der Waals surface area contributed by atoms with Gasteiger partial charge in [0, 0.05) is 24.5 Å². The number of anilines is 1. The molecule has 0 spiro atoms. The predicted molar refractivity (Wildman–Crippen MR) is 111 cm³/mol. The van der Waals surface area contributed by atoms with Gasteiger partial charge in [-0.05, 0) is 43.7 Å². The third-order valence-electron chi connectivity index (χ3n) is 5.26. The molecule has 11 heteroatoms. The number of rotatable bonds is 4. The van der Waals surface area contributed by atoms with Crippen LogP contribution >= 0.6 is 0 Å². The van der Waals surface area contributed by atoms with Crippen LogP contribution in [-0.2, 0) is 24.3 Å². The van der Waals surface area contributed by atoms with Crippen LogP contribution in [0, 0.1) is 6.92 Å². The number of hydrogen-bond acceptors (Lipinski definition) is 6. The number of aromatic amines is 2. The lowest BCUT2D eigenvalue weighted by Crippen LogP contribution is -2.32. The van der Waals surface area contributed by atoms with Gasteiger partial charge in [-0.1, -0.05) is 0 Å². The number of amides is 2. The van der Waals surface area contributed by atoms with Gasteiger partial charge < -0.3 is 10.2 Å². The van der Waals surface area contributed by atoms with E-state index < -0.39 is 0 Å². The average Bonchev–Trinajstić information content (AvgIpc) is 3.45. The third kappa shape index (κ3) is 3.89. The maximum atomic E-state index is 12.8. The predicted octanol–water partition coefficient (Wildman–Crippen LogP) is 1.41. The van der Waals surface area contributed by atoms with Gasteiger partial charge in [0.05, 0.1) is 24.4 Å². The SMILES string of the molecule is Cc1cc(CC(=O)N2CCCn3nc(C(=O)Nc4ccc5n[nH]nc5c4)cc3C2)n[nH]1. The Labute approximate surface area is 176 Å². The summed E-state index contributed by atoms with van der Waals surface area (Å²) in [6.45, 7) is 3.61. The number of hydrogen-bond donors (Lipinski definition) is 3. The Kier molecular flexibility index (Phi) is 4.69. The summed E-state index contributed by atoms with van der Waals surface area (Å²) in [7, 11) is 0. The molecule has 0 saturated carbocycles. The van der Waals surface area contributed by atoms with Crippen LogP contribution in [0.1, 0.15) is 34.0 Å². The zero-order valence-corrected chi connectivity index (χ0v) is 16.9. The molecule has 2 amide bonds. The standard InChI is InChI=1S/C20H21N9O2/c1-12-7-14(23-22-12)9-19(30)28-5-2-6-29-15(11-28)10-18(26-29)20(31)21-13-3-4-16-17(8-13)25-27-24-16/h3-4,7-8,10H,2,5-6,9,11H2,1H3,(H,21,31)(H,22,23)(H,24,25,27). The van der Waals surface area contributed by atoms with E-state index >= 15 is 0 Å². The molecule has 0 bridgehead atoms. The van der Waals surface area contributed by atoms with E-state index in [9.17, 15) is 9.59 Å². The lowest BCUT2D eigenvalue weighted by Gasteiger charge is -2.19. The van der Waals surface area contributed by atoms with E-state index in [1.165, 1.54) is 0 Å². The number of nitrogens with zero attached hydrogens (tertiary/aromatic N) is 6. The number of carbonyl (C=O) groups excluding carboxylic acids is 2. The van der Waals surface area contributed by atoms with E-state index in [0.29, 0.717) is 36.5 Å². The molecular weight excluding hydrogens is 398 g/mol. The van der Waals surface area contributed by atoms with Crippen LogP contribution in [0.4, 0.5) is 5.69 Å². The van der Waals surface area contributed by atoms with Gasteiger partial charge in [-0.25, -0.2) is 0 Å². The van der Waals surface area contributed by atoms with E-state index in [4.69, 9.17) is 0 Å². The summed E-state index contributed by atoms with van der Waals surface area (Å²) in [6.07, 6.45) is 1.01. The third-order valence-corrected chi connectivity index (χ3v) is 5.26. The zero-order chi connectivity index (χ0) is 21.4. The first-order valence-electron chi connectivity index (χ1n) is 10.0. The van der Waals surface area contributed by atoms with E-state index in [0.717, 1.165) is 29.0 Å². The molecule has 158 valence electrons. The van der Waals surface area contributed by atoms with Gasteiger partial charge in [0.25, 0.3) is 5.91 Å². The van der Waals surface area contributed by atoms with Gasteiger partial charge >= 0.3 is 0 Å². The number of fused-ring (bicyclic) bond motifs is 2. The summed E-state index contributed by atoms with van der Waals surface area (Å²) in [6, 6.07) is 8.91. The normalized spacial score (nSPS) is 13.8. The molecule has 4 heterocycles. The van der Waals surface area contributed by atoms with Crippen LogP contribution in [-0.4, -0.2) is 58.6 Å². The Morgan fingerprint density at radius 2 is 1.97 bits per heavy atom. The van der Waals surface area contributed by atoms with Crippen LogP contribution in [0.25, 0.3) is 11.0 Å². The van der Waals surface area contributed by atoms with Gasteiger partial charge in [0.2, 0.25) is 5.91 Å². The van der Waals surface area contributed by atoms with E-state index in [1.54, 1.807) is 29.2 Å². The van der Waals surface area contributed by atoms with E-state index in [2.05, 4.69) is 36.0 Å². The average molecular weight is 419 g/mol. The second kappa shape index (κ2) is 7.67. The smallest absolute Gasteiger partial charge is 0.276 e. The highest BCUT2D eigenvalue weighted by Gasteiger charge is 2.23. The summed E-state index contributed by atoms with van der Waals surface area (Å²) in [5.41, 5.74) is 4.80. The molecule has 11 nitrogen and oxygen atoms in total. The molecule has 4 aromatic rings. The summed E-state index contributed by atoms with van der Waals surface area (Å²) in [5, 5.41) is 24.9. The number of aryl methyl sites for hydroxylation is 2.